The average molecular weight is 176 g/mol. The maximum atomic E-state index is 6.04. The summed E-state index contributed by atoms with van der Waals surface area (Å²) in [4.78, 5) is 0. The van der Waals surface area contributed by atoms with E-state index >= 15 is 0 Å². The van der Waals surface area contributed by atoms with Crippen molar-refractivity contribution in [3.05, 3.63) is 35.4 Å². The van der Waals surface area contributed by atoms with Crippen LogP contribution in [-0.2, 0) is 12.8 Å². The van der Waals surface area contributed by atoms with Crippen LogP contribution in [0.15, 0.2) is 24.3 Å². The van der Waals surface area contributed by atoms with Crippen molar-refractivity contribution in [3.8, 4) is 0 Å². The van der Waals surface area contributed by atoms with E-state index in [4.69, 9.17) is 5.73 Å². The number of hydrogen-bond acceptors (Lipinski definition) is 2. The van der Waals surface area contributed by atoms with Crippen LogP contribution in [0.5, 0.6) is 0 Å². The highest BCUT2D eigenvalue weighted by atomic mass is 14.9. The molecule has 0 saturated carbocycles. The van der Waals surface area contributed by atoms with Gasteiger partial charge < -0.3 is 11.1 Å². The molecule has 1 aromatic rings. The summed E-state index contributed by atoms with van der Waals surface area (Å²) in [6, 6.07) is 9.27. The molecule has 0 saturated heterocycles. The molecule has 0 bridgehead atoms. The van der Waals surface area contributed by atoms with Crippen LogP contribution in [0.4, 0.5) is 0 Å². The molecule has 3 N–H and O–H groups in total. The minimum Gasteiger partial charge on any atom is -0.326 e. The van der Waals surface area contributed by atoms with E-state index in [1.165, 1.54) is 11.1 Å². The molecule has 1 aliphatic carbocycles. The standard InChI is InChI=1S/C11H16N2/c1-13-11-7-9-5-3-2-4-8(9)6-10(11)12/h2-5,10-11,13H,6-7,12H2,1H3/t10-,11-/m0/s1. The molecule has 1 aromatic carbocycles. The molecule has 13 heavy (non-hydrogen) atoms. The maximum Gasteiger partial charge on any atom is 0.0259 e. The van der Waals surface area contributed by atoms with Crippen LogP contribution < -0.4 is 11.1 Å². The first-order valence-corrected chi connectivity index (χ1v) is 4.81. The lowest BCUT2D eigenvalue weighted by Crippen LogP contribution is -2.48. The first-order valence-electron chi connectivity index (χ1n) is 4.81. The van der Waals surface area contributed by atoms with Gasteiger partial charge in [0, 0.05) is 12.1 Å². The molecular weight excluding hydrogens is 160 g/mol. The SMILES string of the molecule is CN[C@H]1Cc2ccccc2C[C@@H]1N. The van der Waals surface area contributed by atoms with E-state index in [1.54, 1.807) is 0 Å². The molecule has 2 heteroatoms. The highest BCUT2D eigenvalue weighted by molar-refractivity contribution is 5.31. The zero-order valence-corrected chi connectivity index (χ0v) is 7.96. The average Bonchev–Trinajstić information content (AvgIpc) is 2.17. The number of rotatable bonds is 1. The summed E-state index contributed by atoms with van der Waals surface area (Å²) in [6.07, 6.45) is 2.07. The second-order valence-corrected chi connectivity index (χ2v) is 3.74. The monoisotopic (exact) mass is 176 g/mol. The Balaban J connectivity index is 2.27. The summed E-state index contributed by atoms with van der Waals surface area (Å²) in [5, 5.41) is 3.27. The predicted octanol–water partition coefficient (Wildman–Crippen LogP) is 0.700. The van der Waals surface area contributed by atoms with Crippen LogP contribution >= 0.6 is 0 Å². The van der Waals surface area contributed by atoms with Crippen LogP contribution in [0.2, 0.25) is 0 Å². The Bertz CT molecular complexity index is 296. The minimum atomic E-state index is 0.264. The fraction of sp³-hybridized carbons (Fsp3) is 0.455. The van der Waals surface area contributed by atoms with Crippen molar-refractivity contribution in [2.45, 2.75) is 24.9 Å². The van der Waals surface area contributed by atoms with Gasteiger partial charge >= 0.3 is 0 Å². The largest absolute Gasteiger partial charge is 0.326 e. The summed E-state index contributed by atoms with van der Waals surface area (Å²) in [7, 11) is 1.98. The summed E-state index contributed by atoms with van der Waals surface area (Å²) in [5.74, 6) is 0. The van der Waals surface area contributed by atoms with Gasteiger partial charge in [0.25, 0.3) is 0 Å². The topological polar surface area (TPSA) is 38.0 Å². The Labute approximate surface area is 79.1 Å². The Kier molecular flexibility index (Phi) is 2.34. The van der Waals surface area contributed by atoms with Crippen molar-refractivity contribution >= 4 is 0 Å². The number of nitrogens with two attached hydrogens (primary N) is 1. The summed E-state index contributed by atoms with van der Waals surface area (Å²) in [5.41, 5.74) is 8.91. The molecular formula is C11H16N2. The van der Waals surface area contributed by atoms with Crippen molar-refractivity contribution in [1.29, 1.82) is 0 Å². The zero-order chi connectivity index (χ0) is 9.26. The molecule has 0 spiro atoms. The van der Waals surface area contributed by atoms with E-state index < -0.39 is 0 Å². The highest BCUT2D eigenvalue weighted by Crippen LogP contribution is 2.20. The van der Waals surface area contributed by atoms with Crippen LogP contribution in [0.1, 0.15) is 11.1 Å². The highest BCUT2D eigenvalue weighted by Gasteiger charge is 2.23. The van der Waals surface area contributed by atoms with Crippen LogP contribution in [0.25, 0.3) is 0 Å². The van der Waals surface area contributed by atoms with Gasteiger partial charge in [-0.1, -0.05) is 24.3 Å². The number of hydrogen-bond donors (Lipinski definition) is 2. The molecule has 2 atom stereocenters. The molecule has 2 nitrogen and oxygen atoms in total. The molecule has 2 rings (SSSR count). The van der Waals surface area contributed by atoms with Crippen LogP contribution in [-0.4, -0.2) is 19.1 Å². The lowest BCUT2D eigenvalue weighted by molar-refractivity contribution is 0.431. The molecule has 1 aliphatic rings. The second kappa shape index (κ2) is 3.48. The molecule has 0 fully saturated rings. The lowest BCUT2D eigenvalue weighted by atomic mass is 9.85. The van der Waals surface area contributed by atoms with E-state index in [0.717, 1.165) is 12.8 Å². The third kappa shape index (κ3) is 1.60. The third-order valence-electron chi connectivity index (χ3n) is 2.90. The van der Waals surface area contributed by atoms with Crippen molar-refractivity contribution in [2.24, 2.45) is 5.73 Å². The van der Waals surface area contributed by atoms with Crippen molar-refractivity contribution < 1.29 is 0 Å². The van der Waals surface area contributed by atoms with Gasteiger partial charge in [-0.25, -0.2) is 0 Å². The van der Waals surface area contributed by atoms with E-state index in [0.29, 0.717) is 6.04 Å². The lowest BCUT2D eigenvalue weighted by Gasteiger charge is -2.30. The number of benzene rings is 1. The van der Waals surface area contributed by atoms with Gasteiger partial charge in [-0.3, -0.25) is 0 Å². The van der Waals surface area contributed by atoms with E-state index in [-0.39, 0.29) is 6.04 Å². The van der Waals surface area contributed by atoms with Crippen LogP contribution in [0.3, 0.4) is 0 Å². The maximum absolute atomic E-state index is 6.04. The second-order valence-electron chi connectivity index (χ2n) is 3.74. The fourth-order valence-corrected chi connectivity index (χ4v) is 2.06. The number of nitrogens with one attached hydrogen (secondary N) is 1. The van der Waals surface area contributed by atoms with Gasteiger partial charge in [-0.05, 0) is 31.0 Å². The van der Waals surface area contributed by atoms with Crippen molar-refractivity contribution in [2.75, 3.05) is 7.05 Å². The van der Waals surface area contributed by atoms with Gasteiger partial charge in [0.2, 0.25) is 0 Å². The predicted molar refractivity (Wildman–Crippen MR) is 54.7 cm³/mol. The normalized spacial score (nSPS) is 26.9. The van der Waals surface area contributed by atoms with E-state index in [9.17, 15) is 0 Å². The molecule has 0 unspecified atom stereocenters. The summed E-state index contributed by atoms with van der Waals surface area (Å²) >= 11 is 0. The number of likely N-dealkylation sites (N-methyl/N-ethyl adjacent to an activating group) is 1. The Morgan fingerprint density at radius 2 is 1.85 bits per heavy atom. The van der Waals surface area contributed by atoms with Crippen molar-refractivity contribution in [3.63, 3.8) is 0 Å². The van der Waals surface area contributed by atoms with E-state index in [1.807, 2.05) is 7.05 Å². The quantitative estimate of drug-likeness (QED) is 0.661. The van der Waals surface area contributed by atoms with Gasteiger partial charge in [0.05, 0.1) is 0 Å². The van der Waals surface area contributed by atoms with E-state index in [2.05, 4.69) is 29.6 Å². The molecule has 0 heterocycles. The molecule has 0 aliphatic heterocycles. The van der Waals surface area contributed by atoms with Crippen LogP contribution in [0, 0.1) is 0 Å². The number of fused-ring (bicyclic) bond motifs is 1. The first-order chi connectivity index (χ1) is 6.31. The van der Waals surface area contributed by atoms with Gasteiger partial charge in [0.1, 0.15) is 0 Å². The first kappa shape index (κ1) is 8.73. The van der Waals surface area contributed by atoms with Gasteiger partial charge in [-0.15, -0.1) is 0 Å². The molecule has 0 aromatic heterocycles. The summed E-state index contributed by atoms with van der Waals surface area (Å²) < 4.78 is 0. The smallest absolute Gasteiger partial charge is 0.0259 e. The third-order valence-corrected chi connectivity index (χ3v) is 2.90. The Morgan fingerprint density at radius 3 is 2.46 bits per heavy atom. The molecule has 0 radical (unpaired) electrons. The fourth-order valence-electron chi connectivity index (χ4n) is 2.06. The molecule has 70 valence electrons. The van der Waals surface area contributed by atoms with Crippen molar-refractivity contribution in [1.82, 2.24) is 5.32 Å². The minimum absolute atomic E-state index is 0.264. The molecule has 0 amide bonds. The zero-order valence-electron chi connectivity index (χ0n) is 7.96. The summed E-state index contributed by atoms with van der Waals surface area (Å²) in [6.45, 7) is 0. The van der Waals surface area contributed by atoms with Gasteiger partial charge in [0.15, 0.2) is 0 Å². The Hall–Kier alpha value is -0.860. The Morgan fingerprint density at radius 1 is 1.23 bits per heavy atom. The van der Waals surface area contributed by atoms with Gasteiger partial charge in [-0.2, -0.15) is 0 Å².